The number of hydrogen-bond acceptors (Lipinski definition) is 8. The van der Waals surface area contributed by atoms with Gasteiger partial charge in [-0.1, -0.05) is 18.2 Å². The van der Waals surface area contributed by atoms with E-state index in [1.807, 2.05) is 36.4 Å². The molecule has 10 heteroatoms. The number of nitrogens with zero attached hydrogens (tertiary/aromatic N) is 3. The number of sulfonamides is 1. The molecule has 35 heavy (non-hydrogen) atoms. The third kappa shape index (κ3) is 4.04. The van der Waals surface area contributed by atoms with Gasteiger partial charge < -0.3 is 14.5 Å². The van der Waals surface area contributed by atoms with Crippen LogP contribution < -0.4 is 5.32 Å². The van der Waals surface area contributed by atoms with Crippen LogP contribution in [0.3, 0.4) is 0 Å². The zero-order valence-electron chi connectivity index (χ0n) is 19.5. The van der Waals surface area contributed by atoms with E-state index in [0.29, 0.717) is 12.2 Å². The van der Waals surface area contributed by atoms with Crippen LogP contribution in [0.25, 0.3) is 10.9 Å². The van der Waals surface area contributed by atoms with Crippen LogP contribution in [-0.4, -0.2) is 42.3 Å². The largest absolute Gasteiger partial charge is 0.465 e. The number of carbonyl (C=O) groups excluding carboxylic acids is 1. The summed E-state index contributed by atoms with van der Waals surface area (Å²) in [6, 6.07) is 11.7. The molecule has 0 spiro atoms. The monoisotopic (exact) mass is 492 g/mol. The molecular weight excluding hydrogens is 468 g/mol. The third-order valence-electron chi connectivity index (χ3n) is 6.16. The van der Waals surface area contributed by atoms with Gasteiger partial charge in [0, 0.05) is 30.2 Å². The average molecular weight is 493 g/mol. The molecule has 1 aromatic carbocycles. The highest BCUT2D eigenvalue weighted by Gasteiger charge is 2.37. The van der Waals surface area contributed by atoms with E-state index in [2.05, 4.69) is 15.3 Å². The molecule has 180 valence electrons. The summed E-state index contributed by atoms with van der Waals surface area (Å²) in [6.45, 7) is 3.47. The van der Waals surface area contributed by atoms with Crippen LogP contribution in [0.15, 0.2) is 58.1 Å². The first-order chi connectivity index (χ1) is 16.8. The summed E-state index contributed by atoms with van der Waals surface area (Å²) in [6.07, 6.45) is 3.86. The van der Waals surface area contributed by atoms with Gasteiger partial charge in [0.25, 0.3) is 0 Å². The van der Waals surface area contributed by atoms with Gasteiger partial charge in [-0.2, -0.15) is 4.31 Å². The first-order valence-corrected chi connectivity index (χ1v) is 12.5. The predicted molar refractivity (Wildman–Crippen MR) is 130 cm³/mol. The van der Waals surface area contributed by atoms with E-state index < -0.39 is 16.0 Å². The van der Waals surface area contributed by atoms with E-state index in [1.54, 1.807) is 19.3 Å². The van der Waals surface area contributed by atoms with E-state index in [1.165, 1.54) is 18.3 Å². The van der Waals surface area contributed by atoms with Crippen LogP contribution >= 0.6 is 0 Å². The van der Waals surface area contributed by atoms with Gasteiger partial charge in [0.2, 0.25) is 10.0 Å². The number of pyridine rings is 2. The summed E-state index contributed by atoms with van der Waals surface area (Å²) >= 11 is 0. The number of ether oxygens (including phenoxy) is 1. The van der Waals surface area contributed by atoms with Crippen molar-refractivity contribution in [2.24, 2.45) is 0 Å². The fourth-order valence-electron chi connectivity index (χ4n) is 4.50. The van der Waals surface area contributed by atoms with Crippen molar-refractivity contribution in [2.75, 3.05) is 19.0 Å². The molecule has 4 heterocycles. The van der Waals surface area contributed by atoms with Gasteiger partial charge in [0.15, 0.2) is 0 Å². The molecule has 1 N–H and O–H groups in total. The Kier molecular flexibility index (Phi) is 5.78. The molecule has 0 amide bonds. The Morgan fingerprint density at radius 3 is 2.74 bits per heavy atom. The SMILES string of the molecule is COC(=O)c1c(C)oc(C)c1S(=O)(=O)N1CCc2c(ccnc2Nc2cnc3ccccc3c2)C1. The molecule has 0 atom stereocenters. The minimum atomic E-state index is -4.01. The molecule has 1 aliphatic rings. The first kappa shape index (κ1) is 23.0. The summed E-state index contributed by atoms with van der Waals surface area (Å²) in [7, 11) is -2.80. The number of benzene rings is 1. The van der Waals surface area contributed by atoms with Crippen LogP contribution in [0.4, 0.5) is 11.5 Å². The summed E-state index contributed by atoms with van der Waals surface area (Å²) < 4.78 is 38.8. The Hall–Kier alpha value is -3.76. The molecule has 0 aliphatic carbocycles. The van der Waals surface area contributed by atoms with Crippen molar-refractivity contribution in [3.05, 3.63) is 77.0 Å². The van der Waals surface area contributed by atoms with E-state index >= 15 is 0 Å². The Morgan fingerprint density at radius 2 is 1.94 bits per heavy atom. The van der Waals surface area contributed by atoms with Gasteiger partial charge in [-0.3, -0.25) is 4.98 Å². The van der Waals surface area contributed by atoms with Crippen molar-refractivity contribution >= 4 is 38.4 Å². The zero-order chi connectivity index (χ0) is 24.7. The summed E-state index contributed by atoms with van der Waals surface area (Å²) in [4.78, 5) is 21.1. The number of esters is 1. The van der Waals surface area contributed by atoms with Crippen LogP contribution in [0.5, 0.6) is 0 Å². The van der Waals surface area contributed by atoms with Crippen LogP contribution in [-0.2, 0) is 27.7 Å². The number of fused-ring (bicyclic) bond motifs is 2. The standard InChI is InChI=1S/C25H24N4O5S/c1-15-22(25(30)33-3)23(16(2)34-15)35(31,32)29-11-9-20-18(14-29)8-10-26-24(20)28-19-12-17-6-4-5-7-21(17)27-13-19/h4-8,10,12-13H,9,11,14H2,1-3H3,(H,26,28). The Balaban J connectivity index is 1.45. The molecule has 0 fully saturated rings. The van der Waals surface area contributed by atoms with Crippen molar-refractivity contribution in [1.29, 1.82) is 0 Å². The van der Waals surface area contributed by atoms with E-state index in [9.17, 15) is 13.2 Å². The highest BCUT2D eigenvalue weighted by Crippen LogP contribution is 2.34. The second-order valence-electron chi connectivity index (χ2n) is 8.34. The Bertz CT molecular complexity index is 1560. The maximum absolute atomic E-state index is 13.6. The molecule has 0 saturated heterocycles. The molecule has 3 aromatic heterocycles. The smallest absolute Gasteiger partial charge is 0.342 e. The lowest BCUT2D eigenvalue weighted by Crippen LogP contribution is -2.37. The van der Waals surface area contributed by atoms with E-state index in [0.717, 1.165) is 27.7 Å². The number of furan rings is 1. The molecule has 9 nitrogen and oxygen atoms in total. The average Bonchev–Trinajstić information content (AvgIpc) is 3.17. The number of nitrogens with one attached hydrogen (secondary N) is 1. The first-order valence-electron chi connectivity index (χ1n) is 11.1. The predicted octanol–water partition coefficient (Wildman–Crippen LogP) is 4.12. The lowest BCUT2D eigenvalue weighted by molar-refractivity contribution is 0.0594. The van der Waals surface area contributed by atoms with Crippen molar-refractivity contribution in [3.8, 4) is 0 Å². The second-order valence-corrected chi connectivity index (χ2v) is 10.2. The molecule has 0 saturated carbocycles. The van der Waals surface area contributed by atoms with E-state index in [-0.39, 0.29) is 35.1 Å². The van der Waals surface area contributed by atoms with Gasteiger partial charge in [-0.25, -0.2) is 18.2 Å². The maximum Gasteiger partial charge on any atom is 0.342 e. The normalized spacial score (nSPS) is 14.0. The lowest BCUT2D eigenvalue weighted by atomic mass is 10.0. The highest BCUT2D eigenvalue weighted by molar-refractivity contribution is 7.89. The number of anilines is 2. The molecule has 1 aliphatic heterocycles. The van der Waals surface area contributed by atoms with Gasteiger partial charge in [-0.05, 0) is 44.0 Å². The number of carbonyl (C=O) groups is 1. The quantitative estimate of drug-likeness (QED) is 0.414. The topological polar surface area (TPSA) is 115 Å². The van der Waals surface area contributed by atoms with Gasteiger partial charge in [-0.15, -0.1) is 0 Å². The summed E-state index contributed by atoms with van der Waals surface area (Å²) in [5, 5.41) is 4.34. The maximum atomic E-state index is 13.6. The van der Waals surface area contributed by atoms with E-state index in [4.69, 9.17) is 9.15 Å². The second kappa shape index (κ2) is 8.79. The van der Waals surface area contributed by atoms with Crippen molar-refractivity contribution < 1.29 is 22.4 Å². The van der Waals surface area contributed by atoms with Crippen LogP contribution in [0.1, 0.15) is 33.0 Å². The number of aromatic nitrogens is 2. The minimum Gasteiger partial charge on any atom is -0.465 e. The van der Waals surface area contributed by atoms with Crippen molar-refractivity contribution in [1.82, 2.24) is 14.3 Å². The van der Waals surface area contributed by atoms with Crippen molar-refractivity contribution in [3.63, 3.8) is 0 Å². The number of rotatable bonds is 5. The number of para-hydroxylation sites is 1. The van der Waals surface area contributed by atoms with Gasteiger partial charge in [0.05, 0.1) is 24.5 Å². The molecule has 0 radical (unpaired) electrons. The molecular formula is C25H24N4O5S. The van der Waals surface area contributed by atoms with Gasteiger partial charge in [0.1, 0.15) is 27.8 Å². The van der Waals surface area contributed by atoms with Gasteiger partial charge >= 0.3 is 5.97 Å². The highest BCUT2D eigenvalue weighted by atomic mass is 32.2. The number of aryl methyl sites for hydroxylation is 2. The lowest BCUT2D eigenvalue weighted by Gasteiger charge is -2.29. The summed E-state index contributed by atoms with van der Waals surface area (Å²) in [5.41, 5.74) is 3.42. The third-order valence-corrected chi connectivity index (χ3v) is 8.16. The zero-order valence-corrected chi connectivity index (χ0v) is 20.3. The number of methoxy groups -OCH3 is 1. The Morgan fingerprint density at radius 1 is 1.14 bits per heavy atom. The minimum absolute atomic E-state index is 0.0586. The van der Waals surface area contributed by atoms with Crippen LogP contribution in [0.2, 0.25) is 0 Å². The molecule has 4 aromatic rings. The van der Waals surface area contributed by atoms with Crippen molar-refractivity contribution in [2.45, 2.75) is 31.7 Å². The molecule has 0 bridgehead atoms. The summed E-state index contributed by atoms with van der Waals surface area (Å²) in [5.74, 6) is 0.303. The van der Waals surface area contributed by atoms with Crippen LogP contribution in [0, 0.1) is 13.8 Å². The molecule has 0 unspecified atom stereocenters. The molecule has 5 rings (SSSR count). The fourth-order valence-corrected chi connectivity index (χ4v) is 6.28. The fraction of sp³-hybridized carbons (Fsp3) is 0.240. The number of hydrogen-bond donors (Lipinski definition) is 1. The Labute approximate surface area is 202 Å².